The minimum Gasteiger partial charge on any atom is -0.379 e. The first-order chi connectivity index (χ1) is 15.3. The standard InChI is InChI=1S/C22H30F2N4O4/c1-15(2)20(25-21(30)19-16(23)4-3-5-17(19)24)22(31)28-8-6-27(7-9-28)18(29)14-26-10-12-32-13-11-26/h3-5,15,20H,6-14H2,1-2H3,(H,25,30)/t20-/m0/s1. The predicted molar refractivity (Wildman–Crippen MR) is 113 cm³/mol. The fraction of sp³-hybridized carbons (Fsp3) is 0.591. The summed E-state index contributed by atoms with van der Waals surface area (Å²) in [6.45, 7) is 7.99. The lowest BCUT2D eigenvalue weighted by atomic mass is 10.0. The van der Waals surface area contributed by atoms with Crippen LogP contribution in [0.25, 0.3) is 0 Å². The minimum absolute atomic E-state index is 0.0164. The van der Waals surface area contributed by atoms with Gasteiger partial charge in [0.2, 0.25) is 11.8 Å². The Morgan fingerprint density at radius 3 is 2.09 bits per heavy atom. The van der Waals surface area contributed by atoms with Gasteiger partial charge in [-0.05, 0) is 18.1 Å². The number of ether oxygens (including phenoxy) is 1. The van der Waals surface area contributed by atoms with Crippen LogP contribution >= 0.6 is 0 Å². The van der Waals surface area contributed by atoms with Gasteiger partial charge >= 0.3 is 0 Å². The lowest BCUT2D eigenvalue weighted by molar-refractivity contribution is -0.142. The summed E-state index contributed by atoms with van der Waals surface area (Å²) in [6.07, 6.45) is 0. The van der Waals surface area contributed by atoms with Gasteiger partial charge in [0.25, 0.3) is 5.91 Å². The molecule has 1 atom stereocenters. The number of nitrogens with one attached hydrogen (secondary N) is 1. The van der Waals surface area contributed by atoms with E-state index in [1.807, 2.05) is 0 Å². The summed E-state index contributed by atoms with van der Waals surface area (Å²) in [7, 11) is 0. The highest BCUT2D eigenvalue weighted by atomic mass is 19.1. The highest BCUT2D eigenvalue weighted by molar-refractivity contribution is 5.98. The molecule has 0 radical (unpaired) electrons. The van der Waals surface area contributed by atoms with E-state index in [9.17, 15) is 23.2 Å². The van der Waals surface area contributed by atoms with Crippen molar-refractivity contribution >= 4 is 17.7 Å². The highest BCUT2D eigenvalue weighted by Gasteiger charge is 2.33. The number of morpholine rings is 1. The number of nitrogens with zero attached hydrogens (tertiary/aromatic N) is 3. The van der Waals surface area contributed by atoms with Crippen LogP contribution in [0.5, 0.6) is 0 Å². The van der Waals surface area contributed by atoms with Crippen LogP contribution in [0.2, 0.25) is 0 Å². The van der Waals surface area contributed by atoms with Crippen molar-refractivity contribution in [3.8, 4) is 0 Å². The molecule has 0 bridgehead atoms. The topological polar surface area (TPSA) is 82.2 Å². The number of benzene rings is 1. The maximum Gasteiger partial charge on any atom is 0.257 e. The van der Waals surface area contributed by atoms with E-state index >= 15 is 0 Å². The molecule has 2 heterocycles. The maximum atomic E-state index is 14.0. The Kier molecular flexibility index (Phi) is 8.14. The molecule has 3 amide bonds. The number of amides is 3. The fourth-order valence-electron chi connectivity index (χ4n) is 3.87. The van der Waals surface area contributed by atoms with Crippen molar-refractivity contribution in [3.63, 3.8) is 0 Å². The van der Waals surface area contributed by atoms with Gasteiger partial charge in [0.05, 0.1) is 19.8 Å². The van der Waals surface area contributed by atoms with Crippen molar-refractivity contribution in [1.82, 2.24) is 20.0 Å². The lowest BCUT2D eigenvalue weighted by Crippen LogP contribution is -2.58. The number of carbonyl (C=O) groups is 3. The predicted octanol–water partition coefficient (Wildman–Crippen LogP) is 0.722. The van der Waals surface area contributed by atoms with Crippen molar-refractivity contribution in [3.05, 3.63) is 35.4 Å². The maximum absolute atomic E-state index is 14.0. The molecule has 8 nitrogen and oxygen atoms in total. The summed E-state index contributed by atoms with van der Waals surface area (Å²) in [5.74, 6) is -3.53. The van der Waals surface area contributed by atoms with Gasteiger partial charge in [0.1, 0.15) is 23.2 Å². The van der Waals surface area contributed by atoms with Crippen LogP contribution in [-0.2, 0) is 14.3 Å². The van der Waals surface area contributed by atoms with Gasteiger partial charge in [-0.1, -0.05) is 19.9 Å². The van der Waals surface area contributed by atoms with Gasteiger partial charge in [-0.3, -0.25) is 19.3 Å². The van der Waals surface area contributed by atoms with Gasteiger partial charge in [0.15, 0.2) is 0 Å². The van der Waals surface area contributed by atoms with Gasteiger partial charge in [-0.2, -0.15) is 0 Å². The van der Waals surface area contributed by atoms with Crippen LogP contribution in [0.15, 0.2) is 18.2 Å². The Morgan fingerprint density at radius 2 is 1.53 bits per heavy atom. The zero-order chi connectivity index (χ0) is 23.3. The zero-order valence-electron chi connectivity index (χ0n) is 18.5. The van der Waals surface area contributed by atoms with Crippen molar-refractivity contribution in [2.24, 2.45) is 5.92 Å². The molecule has 2 aliphatic rings. The third kappa shape index (κ3) is 5.80. The normalized spacial score (nSPS) is 18.5. The van der Waals surface area contributed by atoms with Crippen LogP contribution in [-0.4, -0.2) is 97.5 Å². The molecule has 0 aliphatic carbocycles. The molecule has 0 saturated carbocycles. The first kappa shape index (κ1) is 24.1. The Hall–Kier alpha value is -2.59. The molecule has 1 aromatic rings. The number of hydrogen-bond acceptors (Lipinski definition) is 5. The molecule has 2 aliphatic heterocycles. The quantitative estimate of drug-likeness (QED) is 0.688. The molecule has 32 heavy (non-hydrogen) atoms. The van der Waals surface area contributed by atoms with Crippen LogP contribution < -0.4 is 5.32 Å². The number of piperazine rings is 1. The SMILES string of the molecule is CC(C)[C@H](NC(=O)c1c(F)cccc1F)C(=O)N1CCN(C(=O)CN2CCOCC2)CC1. The average Bonchev–Trinajstić information content (AvgIpc) is 2.77. The summed E-state index contributed by atoms with van der Waals surface area (Å²) in [6, 6.07) is 2.23. The molecule has 1 N–H and O–H groups in total. The van der Waals surface area contributed by atoms with Crippen LogP contribution in [0, 0.1) is 17.6 Å². The van der Waals surface area contributed by atoms with E-state index in [1.165, 1.54) is 6.07 Å². The molecule has 3 rings (SSSR count). The number of carbonyl (C=O) groups excluding carboxylic acids is 3. The lowest BCUT2D eigenvalue weighted by Gasteiger charge is -2.38. The van der Waals surface area contributed by atoms with Crippen LogP contribution in [0.3, 0.4) is 0 Å². The number of rotatable bonds is 6. The summed E-state index contributed by atoms with van der Waals surface area (Å²) in [5.41, 5.74) is -0.704. The second-order valence-electron chi connectivity index (χ2n) is 8.39. The molecular formula is C22H30F2N4O4. The van der Waals surface area contributed by atoms with E-state index in [4.69, 9.17) is 4.74 Å². The van der Waals surface area contributed by atoms with Gasteiger partial charge < -0.3 is 19.9 Å². The second-order valence-corrected chi connectivity index (χ2v) is 8.39. The number of halogens is 2. The third-order valence-corrected chi connectivity index (χ3v) is 5.82. The van der Waals surface area contributed by atoms with Crippen molar-refractivity contribution in [2.75, 3.05) is 59.0 Å². The first-order valence-electron chi connectivity index (χ1n) is 10.9. The molecule has 2 saturated heterocycles. The van der Waals surface area contributed by atoms with Crippen molar-refractivity contribution in [1.29, 1.82) is 0 Å². The molecule has 2 fully saturated rings. The summed E-state index contributed by atoms with van der Waals surface area (Å²) < 4.78 is 33.2. The second kappa shape index (κ2) is 10.8. The third-order valence-electron chi connectivity index (χ3n) is 5.82. The molecule has 0 aromatic heterocycles. The molecule has 10 heteroatoms. The Bertz CT molecular complexity index is 817. The largest absolute Gasteiger partial charge is 0.379 e. The van der Waals surface area contributed by atoms with Crippen molar-refractivity contribution < 1.29 is 27.9 Å². The molecule has 0 spiro atoms. The van der Waals surface area contributed by atoms with E-state index in [1.54, 1.807) is 23.6 Å². The summed E-state index contributed by atoms with van der Waals surface area (Å²) in [4.78, 5) is 43.5. The molecule has 176 valence electrons. The van der Waals surface area contributed by atoms with Crippen LogP contribution in [0.1, 0.15) is 24.2 Å². The van der Waals surface area contributed by atoms with E-state index in [2.05, 4.69) is 10.2 Å². The first-order valence-corrected chi connectivity index (χ1v) is 10.9. The Labute approximate surface area is 186 Å². The summed E-state index contributed by atoms with van der Waals surface area (Å²) in [5, 5.41) is 2.49. The van der Waals surface area contributed by atoms with Gasteiger partial charge in [-0.15, -0.1) is 0 Å². The van der Waals surface area contributed by atoms with Crippen LogP contribution in [0.4, 0.5) is 8.78 Å². The number of hydrogen-bond donors (Lipinski definition) is 1. The Balaban J connectivity index is 1.56. The molecular weight excluding hydrogens is 422 g/mol. The smallest absolute Gasteiger partial charge is 0.257 e. The molecule has 1 aromatic carbocycles. The van der Waals surface area contributed by atoms with E-state index < -0.39 is 29.1 Å². The van der Waals surface area contributed by atoms with Gasteiger partial charge in [-0.25, -0.2) is 8.78 Å². The monoisotopic (exact) mass is 452 g/mol. The van der Waals surface area contributed by atoms with E-state index in [0.29, 0.717) is 45.9 Å². The minimum atomic E-state index is -0.982. The van der Waals surface area contributed by atoms with E-state index in [0.717, 1.165) is 25.2 Å². The molecule has 0 unspecified atom stereocenters. The van der Waals surface area contributed by atoms with Crippen molar-refractivity contribution in [2.45, 2.75) is 19.9 Å². The zero-order valence-corrected chi connectivity index (χ0v) is 18.5. The Morgan fingerprint density at radius 1 is 0.969 bits per heavy atom. The highest BCUT2D eigenvalue weighted by Crippen LogP contribution is 2.15. The average molecular weight is 453 g/mol. The fourth-order valence-corrected chi connectivity index (χ4v) is 3.87. The van der Waals surface area contributed by atoms with E-state index in [-0.39, 0.29) is 17.7 Å². The summed E-state index contributed by atoms with van der Waals surface area (Å²) >= 11 is 0. The van der Waals surface area contributed by atoms with Gasteiger partial charge in [0, 0.05) is 39.3 Å².